The number of hydrogen-bond donors (Lipinski definition) is 2. The molecule has 4 atom stereocenters. The maximum atomic E-state index is 11.9. The van der Waals surface area contributed by atoms with Gasteiger partial charge in [0, 0.05) is 0 Å². The fourth-order valence-electron chi connectivity index (χ4n) is 4.26. The van der Waals surface area contributed by atoms with E-state index in [0.29, 0.717) is 12.8 Å². The van der Waals surface area contributed by atoms with Crippen LogP contribution in [0.15, 0.2) is 0 Å². The van der Waals surface area contributed by atoms with Crippen molar-refractivity contribution in [3.8, 4) is 0 Å². The second-order valence-electron chi connectivity index (χ2n) is 11.7. The summed E-state index contributed by atoms with van der Waals surface area (Å²) in [6.07, 6.45) is 1.10. The van der Waals surface area contributed by atoms with E-state index in [9.17, 15) is 10.2 Å². The Bertz CT molecular complexity index is 467. The molecule has 33 heavy (non-hydrogen) atoms. The van der Waals surface area contributed by atoms with Crippen LogP contribution in [-0.4, -0.2) is 104 Å². The molecule has 0 fully saturated rings. The van der Waals surface area contributed by atoms with Crippen LogP contribution in [0.25, 0.3) is 0 Å². The van der Waals surface area contributed by atoms with E-state index >= 15 is 0 Å². The SMILES string of the molecule is CC(C)CC(O)(COC(C)C)[CH](OC(C)C)[Ba][CH](OC(C)C)C(O)(COC(C)C)CC(C)C. The molecule has 4 unspecified atom stereocenters. The Labute approximate surface area is 229 Å². The summed E-state index contributed by atoms with van der Waals surface area (Å²) in [4.78, 5) is 0. The molecule has 196 valence electrons. The molecule has 0 aromatic carbocycles. The van der Waals surface area contributed by atoms with E-state index in [4.69, 9.17) is 18.9 Å². The zero-order valence-corrected chi connectivity index (χ0v) is 28.1. The molecule has 0 bridgehead atoms. The van der Waals surface area contributed by atoms with Gasteiger partial charge in [0.2, 0.25) is 0 Å². The first-order valence-corrected chi connectivity index (χ1v) is 18.1. The predicted octanol–water partition coefficient (Wildman–Crippen LogP) is 4.60. The topological polar surface area (TPSA) is 77.4 Å². The molecule has 0 saturated carbocycles. The van der Waals surface area contributed by atoms with Crippen LogP contribution in [-0.2, 0) is 18.9 Å². The van der Waals surface area contributed by atoms with E-state index in [1.165, 1.54) is 0 Å². The van der Waals surface area contributed by atoms with Crippen molar-refractivity contribution >= 4 is 44.2 Å². The van der Waals surface area contributed by atoms with Gasteiger partial charge in [0.15, 0.2) is 0 Å². The summed E-state index contributed by atoms with van der Waals surface area (Å²) in [6.45, 7) is 24.8. The van der Waals surface area contributed by atoms with Crippen LogP contribution in [0.4, 0.5) is 0 Å². The third-order valence-corrected chi connectivity index (χ3v) is 14.0. The average Bonchev–Trinajstić information content (AvgIpc) is 2.61. The Morgan fingerprint density at radius 1 is 0.545 bits per heavy atom. The van der Waals surface area contributed by atoms with Crippen LogP contribution in [0.1, 0.15) is 95.9 Å². The molecule has 0 heterocycles. The number of ether oxygens (including phenoxy) is 4. The van der Waals surface area contributed by atoms with E-state index < -0.39 is 55.4 Å². The molecule has 0 rings (SSSR count). The standard InChI is InChI=1S/2C13H27O3.Ba/c2*1-10(2)7-13(14,8-15-11(3)4)9-16-12(5)6;/h2*8,10-12,14H,7,9H2,1-6H3;. The normalized spacial score (nSPS) is 18.3. The van der Waals surface area contributed by atoms with Crippen molar-refractivity contribution in [2.24, 2.45) is 11.8 Å². The summed E-state index contributed by atoms with van der Waals surface area (Å²) >= 11 is -2.34. The monoisotopic (exact) mass is 600 g/mol. The molecule has 0 spiro atoms. The third-order valence-electron chi connectivity index (χ3n) is 5.36. The maximum absolute atomic E-state index is 11.9. The molecule has 0 saturated heterocycles. The van der Waals surface area contributed by atoms with Crippen LogP contribution in [0.5, 0.6) is 0 Å². The van der Waals surface area contributed by atoms with Gasteiger partial charge in [-0.05, 0) is 0 Å². The van der Waals surface area contributed by atoms with Gasteiger partial charge >= 0.3 is 231 Å². The van der Waals surface area contributed by atoms with Crippen molar-refractivity contribution in [1.29, 1.82) is 0 Å². The minimum absolute atomic E-state index is 0.0140. The molecular formula is C26H54BaO6. The predicted molar refractivity (Wildman–Crippen MR) is 137 cm³/mol. The Morgan fingerprint density at radius 2 is 0.848 bits per heavy atom. The second kappa shape index (κ2) is 16.2. The van der Waals surface area contributed by atoms with Crippen LogP contribution in [0, 0.1) is 11.8 Å². The molecular weight excluding hydrogens is 546 g/mol. The van der Waals surface area contributed by atoms with Gasteiger partial charge in [0.1, 0.15) is 0 Å². The van der Waals surface area contributed by atoms with Crippen LogP contribution >= 0.6 is 0 Å². The van der Waals surface area contributed by atoms with Gasteiger partial charge < -0.3 is 0 Å². The van der Waals surface area contributed by atoms with E-state index in [-0.39, 0.29) is 50.6 Å². The zero-order chi connectivity index (χ0) is 26.0. The molecule has 0 aromatic rings. The van der Waals surface area contributed by atoms with Gasteiger partial charge in [-0.25, -0.2) is 0 Å². The van der Waals surface area contributed by atoms with Crippen LogP contribution < -0.4 is 0 Å². The first kappa shape index (κ1) is 34.3. The van der Waals surface area contributed by atoms with E-state index in [1.54, 1.807) is 0 Å². The summed E-state index contributed by atoms with van der Waals surface area (Å²) < 4.78 is 24.0. The van der Waals surface area contributed by atoms with Gasteiger partial charge in [0.25, 0.3) is 0 Å². The molecule has 0 aliphatic heterocycles. The van der Waals surface area contributed by atoms with Crippen molar-refractivity contribution in [3.05, 3.63) is 0 Å². The number of aliphatic hydroxyl groups is 2. The number of rotatable bonds is 18. The minimum atomic E-state index is -2.34. The Hall–Kier alpha value is 1.33. The molecule has 2 N–H and O–H groups in total. The fourth-order valence-corrected chi connectivity index (χ4v) is 13.1. The van der Waals surface area contributed by atoms with Gasteiger partial charge in [-0.15, -0.1) is 0 Å². The third kappa shape index (κ3) is 14.6. The van der Waals surface area contributed by atoms with Gasteiger partial charge in [-0.3, -0.25) is 0 Å². The first-order valence-electron chi connectivity index (χ1n) is 13.0. The number of hydrogen-bond acceptors (Lipinski definition) is 6. The molecule has 7 heteroatoms. The molecule has 0 aromatic heterocycles. The van der Waals surface area contributed by atoms with Crippen LogP contribution in [0.2, 0.25) is 0 Å². The van der Waals surface area contributed by atoms with Gasteiger partial charge in [-0.2, -0.15) is 0 Å². The van der Waals surface area contributed by atoms with Gasteiger partial charge in [0.05, 0.1) is 0 Å². The summed E-state index contributed by atoms with van der Waals surface area (Å²) in [6, 6.07) is 0. The summed E-state index contributed by atoms with van der Waals surface area (Å²) in [7, 11) is 0. The van der Waals surface area contributed by atoms with Crippen molar-refractivity contribution in [2.45, 2.75) is 133 Å². The zero-order valence-electron chi connectivity index (χ0n) is 23.7. The van der Waals surface area contributed by atoms with Gasteiger partial charge in [-0.1, -0.05) is 0 Å². The van der Waals surface area contributed by atoms with Crippen molar-refractivity contribution in [2.75, 3.05) is 13.2 Å². The second-order valence-corrected chi connectivity index (χ2v) is 17.8. The Balaban J connectivity index is 6.24. The van der Waals surface area contributed by atoms with Crippen molar-refractivity contribution in [1.82, 2.24) is 0 Å². The molecule has 0 aliphatic rings. The van der Waals surface area contributed by atoms with Crippen LogP contribution in [0.3, 0.4) is 0 Å². The molecule has 0 amide bonds. The first-order chi connectivity index (χ1) is 15.0. The summed E-state index contributed by atoms with van der Waals surface area (Å²) in [5, 5.41) is 23.9. The van der Waals surface area contributed by atoms with Crippen molar-refractivity contribution < 1.29 is 29.2 Å². The van der Waals surface area contributed by atoms with E-state index in [0.717, 1.165) is 0 Å². The summed E-state index contributed by atoms with van der Waals surface area (Å²) in [5.41, 5.74) is -2.22. The Morgan fingerprint density at radius 3 is 1.06 bits per heavy atom. The fraction of sp³-hybridized carbons (Fsp3) is 1.00. The molecule has 6 nitrogen and oxygen atoms in total. The van der Waals surface area contributed by atoms with E-state index in [1.807, 2.05) is 55.4 Å². The van der Waals surface area contributed by atoms with Crippen molar-refractivity contribution in [3.63, 3.8) is 0 Å². The average molecular weight is 600 g/mol. The summed E-state index contributed by atoms with van der Waals surface area (Å²) in [5.74, 6) is 0.557. The molecule has 0 radical (unpaired) electrons. The molecule has 0 aliphatic carbocycles. The van der Waals surface area contributed by atoms with E-state index in [2.05, 4.69) is 27.7 Å². The quantitative estimate of drug-likeness (QED) is 0.224. The Kier molecular flexibility index (Phi) is 16.9.